The van der Waals surface area contributed by atoms with E-state index in [1.807, 2.05) is 0 Å². The Bertz CT molecular complexity index is 496. The van der Waals surface area contributed by atoms with E-state index in [-0.39, 0.29) is 11.7 Å². The first-order valence-electron chi connectivity index (χ1n) is 7.76. The highest BCUT2D eigenvalue weighted by Crippen LogP contribution is 2.38. The van der Waals surface area contributed by atoms with Gasteiger partial charge in [0.2, 0.25) is 0 Å². The van der Waals surface area contributed by atoms with E-state index in [2.05, 4.69) is 40.6 Å². The summed E-state index contributed by atoms with van der Waals surface area (Å²) in [6.45, 7) is 7.50. The zero-order chi connectivity index (χ0) is 15.0. The first-order valence-corrected chi connectivity index (χ1v) is 7.76. The van der Waals surface area contributed by atoms with Crippen molar-refractivity contribution < 1.29 is 9.47 Å². The molecule has 0 spiro atoms. The molecule has 0 unspecified atom stereocenters. The SMILES string of the molecule is COC[C@@H]1CN(Cc2nnc(C3CC3)n2C)CC(C)(C)O1. The van der Waals surface area contributed by atoms with E-state index in [0.29, 0.717) is 12.5 Å². The third-order valence-electron chi connectivity index (χ3n) is 4.21. The molecule has 1 aliphatic heterocycles. The first-order chi connectivity index (χ1) is 9.98. The maximum Gasteiger partial charge on any atom is 0.146 e. The van der Waals surface area contributed by atoms with Gasteiger partial charge in [-0.2, -0.15) is 0 Å². The fourth-order valence-electron chi connectivity index (χ4n) is 3.22. The van der Waals surface area contributed by atoms with Gasteiger partial charge in [-0.15, -0.1) is 10.2 Å². The summed E-state index contributed by atoms with van der Waals surface area (Å²) >= 11 is 0. The highest BCUT2D eigenvalue weighted by Gasteiger charge is 2.34. The molecule has 3 rings (SSSR count). The number of ether oxygens (including phenoxy) is 2. The summed E-state index contributed by atoms with van der Waals surface area (Å²) in [6.07, 6.45) is 2.63. The third-order valence-corrected chi connectivity index (χ3v) is 4.21. The molecule has 0 amide bonds. The highest BCUT2D eigenvalue weighted by molar-refractivity contribution is 5.08. The number of hydrogen-bond acceptors (Lipinski definition) is 5. The van der Waals surface area contributed by atoms with Crippen molar-refractivity contribution in [2.24, 2.45) is 7.05 Å². The van der Waals surface area contributed by atoms with Gasteiger partial charge < -0.3 is 14.0 Å². The summed E-state index contributed by atoms with van der Waals surface area (Å²) < 4.78 is 13.5. The van der Waals surface area contributed by atoms with Crippen LogP contribution in [0, 0.1) is 0 Å². The lowest BCUT2D eigenvalue weighted by molar-refractivity contribution is -0.154. The minimum Gasteiger partial charge on any atom is -0.382 e. The van der Waals surface area contributed by atoms with Crippen LogP contribution in [0.25, 0.3) is 0 Å². The van der Waals surface area contributed by atoms with Crippen LogP contribution in [-0.4, -0.2) is 58.2 Å². The van der Waals surface area contributed by atoms with Gasteiger partial charge in [-0.3, -0.25) is 4.90 Å². The van der Waals surface area contributed by atoms with Crippen molar-refractivity contribution in [2.75, 3.05) is 26.8 Å². The van der Waals surface area contributed by atoms with E-state index in [1.165, 1.54) is 12.8 Å². The first kappa shape index (κ1) is 14.9. The van der Waals surface area contributed by atoms with Gasteiger partial charge in [0.25, 0.3) is 0 Å². The largest absolute Gasteiger partial charge is 0.382 e. The minimum atomic E-state index is -0.153. The Kier molecular flexibility index (Phi) is 4.03. The maximum atomic E-state index is 6.06. The van der Waals surface area contributed by atoms with Gasteiger partial charge in [0.1, 0.15) is 11.6 Å². The van der Waals surface area contributed by atoms with E-state index in [0.717, 1.165) is 31.3 Å². The summed E-state index contributed by atoms with van der Waals surface area (Å²) in [4.78, 5) is 2.40. The van der Waals surface area contributed by atoms with Gasteiger partial charge in [0.15, 0.2) is 0 Å². The molecule has 0 aromatic carbocycles. The molecule has 118 valence electrons. The van der Waals surface area contributed by atoms with E-state index < -0.39 is 0 Å². The van der Waals surface area contributed by atoms with E-state index in [1.54, 1.807) is 7.11 Å². The topological polar surface area (TPSA) is 52.4 Å². The summed E-state index contributed by atoms with van der Waals surface area (Å²) in [5.41, 5.74) is -0.153. The fourth-order valence-corrected chi connectivity index (χ4v) is 3.22. The van der Waals surface area contributed by atoms with Crippen LogP contribution in [0.15, 0.2) is 0 Å². The van der Waals surface area contributed by atoms with Crippen LogP contribution in [0.4, 0.5) is 0 Å². The Morgan fingerprint density at radius 3 is 2.76 bits per heavy atom. The maximum absolute atomic E-state index is 6.06. The van der Waals surface area contributed by atoms with E-state index in [4.69, 9.17) is 9.47 Å². The molecule has 2 aliphatic rings. The fraction of sp³-hybridized carbons (Fsp3) is 0.867. The molecule has 6 heteroatoms. The van der Waals surface area contributed by atoms with E-state index >= 15 is 0 Å². The third kappa shape index (κ3) is 3.44. The van der Waals surface area contributed by atoms with Crippen molar-refractivity contribution in [3.8, 4) is 0 Å². The van der Waals surface area contributed by atoms with Crippen LogP contribution in [0.1, 0.15) is 44.3 Å². The number of morpholine rings is 1. The number of hydrogen-bond donors (Lipinski definition) is 0. The molecular weight excluding hydrogens is 268 g/mol. The van der Waals surface area contributed by atoms with Crippen LogP contribution < -0.4 is 0 Å². The Morgan fingerprint density at radius 2 is 2.10 bits per heavy atom. The molecule has 0 N–H and O–H groups in total. The Balaban J connectivity index is 1.68. The van der Waals surface area contributed by atoms with E-state index in [9.17, 15) is 0 Å². The Labute approximate surface area is 126 Å². The monoisotopic (exact) mass is 294 g/mol. The van der Waals surface area contributed by atoms with Gasteiger partial charge in [-0.1, -0.05) is 0 Å². The lowest BCUT2D eigenvalue weighted by Crippen LogP contribution is -2.53. The normalized spacial score (nSPS) is 26.2. The lowest BCUT2D eigenvalue weighted by atomic mass is 10.1. The zero-order valence-corrected chi connectivity index (χ0v) is 13.5. The minimum absolute atomic E-state index is 0.120. The van der Waals surface area contributed by atoms with Crippen molar-refractivity contribution in [1.82, 2.24) is 19.7 Å². The van der Waals surface area contributed by atoms with Crippen LogP contribution >= 0.6 is 0 Å². The molecule has 0 bridgehead atoms. The summed E-state index contributed by atoms with van der Waals surface area (Å²) in [7, 11) is 3.81. The highest BCUT2D eigenvalue weighted by atomic mass is 16.5. The van der Waals surface area contributed by atoms with Gasteiger partial charge in [-0.25, -0.2) is 0 Å². The molecule has 1 aliphatic carbocycles. The number of aromatic nitrogens is 3. The quantitative estimate of drug-likeness (QED) is 0.820. The second kappa shape index (κ2) is 5.66. The molecule has 1 saturated carbocycles. The zero-order valence-electron chi connectivity index (χ0n) is 13.5. The van der Waals surface area contributed by atoms with Crippen molar-refractivity contribution in [2.45, 2.75) is 50.9 Å². The molecule has 1 saturated heterocycles. The molecule has 1 aromatic rings. The van der Waals surface area contributed by atoms with Gasteiger partial charge in [0, 0.05) is 33.2 Å². The van der Waals surface area contributed by atoms with Crippen molar-refractivity contribution in [3.63, 3.8) is 0 Å². The van der Waals surface area contributed by atoms with Crippen molar-refractivity contribution in [3.05, 3.63) is 11.6 Å². The summed E-state index contributed by atoms with van der Waals surface area (Å²) in [6, 6.07) is 0. The molecule has 2 fully saturated rings. The van der Waals surface area contributed by atoms with Crippen molar-refractivity contribution >= 4 is 0 Å². The lowest BCUT2D eigenvalue weighted by Gasteiger charge is -2.42. The average Bonchev–Trinajstić information content (AvgIpc) is 3.15. The molecule has 1 aromatic heterocycles. The standard InChI is InChI=1S/C15H26N4O2/c1-15(2)10-19(7-12(21-15)9-20-4)8-13-16-17-14(18(13)3)11-5-6-11/h11-12H,5-10H2,1-4H3/t12-/m0/s1. The van der Waals surface area contributed by atoms with Gasteiger partial charge in [-0.05, 0) is 26.7 Å². The number of nitrogens with zero attached hydrogens (tertiary/aromatic N) is 4. The number of rotatable bonds is 5. The second-order valence-corrected chi connectivity index (χ2v) is 6.93. The predicted molar refractivity (Wildman–Crippen MR) is 79.1 cm³/mol. The van der Waals surface area contributed by atoms with Crippen LogP contribution in [0.3, 0.4) is 0 Å². The summed E-state index contributed by atoms with van der Waals surface area (Å²) in [5, 5.41) is 8.75. The molecule has 0 radical (unpaired) electrons. The van der Waals surface area contributed by atoms with Crippen LogP contribution in [0.5, 0.6) is 0 Å². The van der Waals surface area contributed by atoms with Crippen molar-refractivity contribution in [1.29, 1.82) is 0 Å². The van der Waals surface area contributed by atoms with Gasteiger partial charge >= 0.3 is 0 Å². The van der Waals surface area contributed by atoms with Crippen LogP contribution in [-0.2, 0) is 23.1 Å². The molecular formula is C15H26N4O2. The summed E-state index contributed by atoms with van der Waals surface area (Å²) in [5.74, 6) is 2.83. The Morgan fingerprint density at radius 1 is 1.33 bits per heavy atom. The molecule has 21 heavy (non-hydrogen) atoms. The molecule has 2 heterocycles. The second-order valence-electron chi connectivity index (χ2n) is 6.93. The van der Waals surface area contributed by atoms with Gasteiger partial charge in [0.05, 0.1) is 24.9 Å². The molecule has 6 nitrogen and oxygen atoms in total. The Hall–Kier alpha value is -0.980. The van der Waals surface area contributed by atoms with Crippen LogP contribution in [0.2, 0.25) is 0 Å². The molecule has 1 atom stereocenters. The smallest absolute Gasteiger partial charge is 0.146 e. The predicted octanol–water partition coefficient (Wildman–Crippen LogP) is 1.32. The average molecular weight is 294 g/mol. The number of methoxy groups -OCH3 is 1.